The van der Waals surface area contributed by atoms with Gasteiger partial charge in [-0.15, -0.1) is 0 Å². The summed E-state index contributed by atoms with van der Waals surface area (Å²) < 4.78 is 11.1. The molecule has 0 aliphatic heterocycles. The van der Waals surface area contributed by atoms with E-state index < -0.39 is 12.1 Å². The van der Waals surface area contributed by atoms with Crippen LogP contribution in [0, 0.1) is 6.92 Å². The van der Waals surface area contributed by atoms with Crippen molar-refractivity contribution in [2.45, 2.75) is 52.6 Å². The zero-order valence-electron chi connectivity index (χ0n) is 16.7. The summed E-state index contributed by atoms with van der Waals surface area (Å²) in [6.45, 7) is 5.60. The molecule has 5 heteroatoms. The second-order valence-corrected chi connectivity index (χ2v) is 7.05. The summed E-state index contributed by atoms with van der Waals surface area (Å²) in [5.74, 6) is 0.144. The second-order valence-electron chi connectivity index (χ2n) is 7.05. The van der Waals surface area contributed by atoms with Crippen LogP contribution in [0.25, 0.3) is 0 Å². The Kier molecular flexibility index (Phi) is 6.34. The fourth-order valence-corrected chi connectivity index (χ4v) is 3.54. The van der Waals surface area contributed by atoms with Gasteiger partial charge in [0.05, 0.1) is 12.2 Å². The number of aryl methyl sites for hydroxylation is 1. The average molecular weight is 381 g/mol. The summed E-state index contributed by atoms with van der Waals surface area (Å²) >= 11 is 0. The molecule has 0 radical (unpaired) electrons. The SMILES string of the molecule is CCOC(=O)c1cccc(NC(=O)[C@@H](C)Oc2cccc3c2CCCC3)c1C. The molecule has 1 N–H and O–H groups in total. The van der Waals surface area contributed by atoms with Gasteiger partial charge in [0.1, 0.15) is 5.75 Å². The van der Waals surface area contributed by atoms with Crippen molar-refractivity contribution < 1.29 is 19.1 Å². The van der Waals surface area contributed by atoms with Crippen LogP contribution in [0.2, 0.25) is 0 Å². The lowest BCUT2D eigenvalue weighted by Crippen LogP contribution is -2.31. The molecule has 0 saturated heterocycles. The number of carbonyl (C=O) groups is 2. The summed E-state index contributed by atoms with van der Waals surface area (Å²) in [5.41, 5.74) is 4.24. The monoisotopic (exact) mass is 381 g/mol. The summed E-state index contributed by atoms with van der Waals surface area (Å²) in [5, 5.41) is 2.88. The van der Waals surface area contributed by atoms with E-state index in [9.17, 15) is 9.59 Å². The normalized spacial score (nSPS) is 14.0. The fourth-order valence-electron chi connectivity index (χ4n) is 3.54. The van der Waals surface area contributed by atoms with Gasteiger partial charge < -0.3 is 14.8 Å². The van der Waals surface area contributed by atoms with Crippen LogP contribution in [-0.2, 0) is 22.4 Å². The maximum Gasteiger partial charge on any atom is 0.338 e. The Balaban J connectivity index is 1.72. The molecule has 0 aromatic heterocycles. The van der Waals surface area contributed by atoms with Crippen molar-refractivity contribution in [1.82, 2.24) is 0 Å². The van der Waals surface area contributed by atoms with Crippen LogP contribution in [0.5, 0.6) is 5.75 Å². The third kappa shape index (κ3) is 4.35. The van der Waals surface area contributed by atoms with Crippen LogP contribution in [0.15, 0.2) is 36.4 Å². The highest BCUT2D eigenvalue weighted by molar-refractivity contribution is 5.98. The highest BCUT2D eigenvalue weighted by Crippen LogP contribution is 2.30. The third-order valence-corrected chi connectivity index (χ3v) is 5.11. The number of nitrogens with one attached hydrogen (secondary N) is 1. The van der Waals surface area contributed by atoms with E-state index in [0.29, 0.717) is 23.4 Å². The van der Waals surface area contributed by atoms with Crippen molar-refractivity contribution in [2.75, 3.05) is 11.9 Å². The highest BCUT2D eigenvalue weighted by Gasteiger charge is 2.21. The standard InChI is InChI=1S/C23H27NO4/c1-4-27-23(26)18-12-8-13-20(15(18)2)24-22(25)16(3)28-21-14-7-10-17-9-5-6-11-19(17)21/h7-8,10,12-14,16H,4-6,9,11H2,1-3H3,(H,24,25)/t16-/m1/s1. The topological polar surface area (TPSA) is 64.6 Å². The van der Waals surface area contributed by atoms with Crippen molar-refractivity contribution in [2.24, 2.45) is 0 Å². The number of rotatable bonds is 6. The van der Waals surface area contributed by atoms with Gasteiger partial charge in [-0.1, -0.05) is 18.2 Å². The van der Waals surface area contributed by atoms with E-state index in [4.69, 9.17) is 9.47 Å². The van der Waals surface area contributed by atoms with Gasteiger partial charge in [0.2, 0.25) is 0 Å². The van der Waals surface area contributed by atoms with Gasteiger partial charge in [0, 0.05) is 5.69 Å². The predicted octanol–water partition coefficient (Wildman–Crippen LogP) is 4.46. The van der Waals surface area contributed by atoms with Crippen LogP contribution in [0.1, 0.15) is 53.7 Å². The van der Waals surface area contributed by atoms with Gasteiger partial charge in [-0.05, 0) is 81.3 Å². The van der Waals surface area contributed by atoms with Gasteiger partial charge in [0.15, 0.2) is 6.10 Å². The van der Waals surface area contributed by atoms with E-state index in [2.05, 4.69) is 11.4 Å². The molecule has 1 atom stereocenters. The molecule has 5 nitrogen and oxygen atoms in total. The lowest BCUT2D eigenvalue weighted by Gasteiger charge is -2.22. The lowest BCUT2D eigenvalue weighted by atomic mass is 9.91. The van der Waals surface area contributed by atoms with Gasteiger partial charge >= 0.3 is 5.97 Å². The Morgan fingerprint density at radius 3 is 2.64 bits per heavy atom. The molecule has 0 bridgehead atoms. The Morgan fingerprint density at radius 2 is 1.86 bits per heavy atom. The average Bonchev–Trinajstić information content (AvgIpc) is 2.70. The molecular formula is C23H27NO4. The van der Waals surface area contributed by atoms with E-state index >= 15 is 0 Å². The number of fused-ring (bicyclic) bond motifs is 1. The summed E-state index contributed by atoms with van der Waals surface area (Å²) in [7, 11) is 0. The number of hydrogen-bond acceptors (Lipinski definition) is 4. The predicted molar refractivity (Wildman–Crippen MR) is 109 cm³/mol. The number of anilines is 1. The Hall–Kier alpha value is -2.82. The zero-order chi connectivity index (χ0) is 20.1. The smallest absolute Gasteiger partial charge is 0.338 e. The second kappa shape index (κ2) is 8.91. The molecule has 148 valence electrons. The molecule has 0 saturated carbocycles. The minimum Gasteiger partial charge on any atom is -0.481 e. The maximum absolute atomic E-state index is 12.7. The summed E-state index contributed by atoms with van der Waals surface area (Å²) in [6, 6.07) is 11.2. The van der Waals surface area contributed by atoms with Crippen molar-refractivity contribution in [3.63, 3.8) is 0 Å². The Morgan fingerprint density at radius 1 is 1.11 bits per heavy atom. The number of carbonyl (C=O) groups excluding carboxylic acids is 2. The zero-order valence-corrected chi connectivity index (χ0v) is 16.7. The minimum absolute atomic E-state index is 0.252. The number of ether oxygens (including phenoxy) is 2. The van der Waals surface area contributed by atoms with E-state index in [1.807, 2.05) is 12.1 Å². The largest absolute Gasteiger partial charge is 0.481 e. The van der Waals surface area contributed by atoms with Crippen LogP contribution < -0.4 is 10.1 Å². The van der Waals surface area contributed by atoms with E-state index in [1.165, 1.54) is 17.5 Å². The molecule has 1 amide bonds. The highest BCUT2D eigenvalue weighted by atomic mass is 16.5. The van der Waals surface area contributed by atoms with E-state index in [0.717, 1.165) is 25.0 Å². The summed E-state index contributed by atoms with van der Waals surface area (Å²) in [4.78, 5) is 24.7. The van der Waals surface area contributed by atoms with Crippen LogP contribution in [0.4, 0.5) is 5.69 Å². The van der Waals surface area contributed by atoms with Gasteiger partial charge in [-0.3, -0.25) is 4.79 Å². The molecule has 1 aliphatic carbocycles. The molecule has 3 rings (SSSR count). The molecule has 0 unspecified atom stereocenters. The molecule has 0 spiro atoms. The van der Waals surface area contributed by atoms with Crippen molar-refractivity contribution in [3.05, 3.63) is 58.7 Å². The number of hydrogen-bond donors (Lipinski definition) is 1. The fraction of sp³-hybridized carbons (Fsp3) is 0.391. The minimum atomic E-state index is -0.654. The third-order valence-electron chi connectivity index (χ3n) is 5.11. The van der Waals surface area contributed by atoms with Crippen LogP contribution in [-0.4, -0.2) is 24.6 Å². The van der Waals surface area contributed by atoms with Crippen LogP contribution >= 0.6 is 0 Å². The first-order valence-corrected chi connectivity index (χ1v) is 9.86. The first kappa shape index (κ1) is 19.9. The van der Waals surface area contributed by atoms with Crippen molar-refractivity contribution in [1.29, 1.82) is 0 Å². The number of amides is 1. The van der Waals surface area contributed by atoms with Crippen molar-refractivity contribution in [3.8, 4) is 5.75 Å². The van der Waals surface area contributed by atoms with E-state index in [-0.39, 0.29) is 5.91 Å². The number of benzene rings is 2. The quantitative estimate of drug-likeness (QED) is 0.751. The van der Waals surface area contributed by atoms with Gasteiger partial charge in [-0.2, -0.15) is 0 Å². The maximum atomic E-state index is 12.7. The van der Waals surface area contributed by atoms with Gasteiger partial charge in [0.25, 0.3) is 5.91 Å². The molecule has 0 fully saturated rings. The lowest BCUT2D eigenvalue weighted by molar-refractivity contribution is -0.122. The Labute approximate surface area is 166 Å². The first-order chi connectivity index (χ1) is 13.5. The summed E-state index contributed by atoms with van der Waals surface area (Å²) in [6.07, 6.45) is 3.74. The van der Waals surface area contributed by atoms with E-state index in [1.54, 1.807) is 39.0 Å². The Bertz CT molecular complexity index is 875. The molecular weight excluding hydrogens is 354 g/mol. The first-order valence-electron chi connectivity index (χ1n) is 9.86. The molecule has 1 aliphatic rings. The van der Waals surface area contributed by atoms with Crippen LogP contribution in [0.3, 0.4) is 0 Å². The molecule has 0 heterocycles. The molecule has 2 aromatic rings. The molecule has 28 heavy (non-hydrogen) atoms. The molecule has 2 aromatic carbocycles. The van der Waals surface area contributed by atoms with Crippen molar-refractivity contribution >= 4 is 17.6 Å². The number of esters is 1. The van der Waals surface area contributed by atoms with Gasteiger partial charge in [-0.25, -0.2) is 4.79 Å².